The van der Waals surface area contributed by atoms with Crippen molar-refractivity contribution in [3.63, 3.8) is 0 Å². The zero-order valence-corrected chi connectivity index (χ0v) is 25.0. The highest BCUT2D eigenvalue weighted by molar-refractivity contribution is 6.10. The maximum atomic E-state index is 13.9. The molecular formula is C32H47N5O2. The molecule has 1 aromatic carbocycles. The van der Waals surface area contributed by atoms with Gasteiger partial charge in [-0.1, -0.05) is 19.9 Å². The minimum Gasteiger partial charge on any atom is -0.496 e. The van der Waals surface area contributed by atoms with Crippen LogP contribution < -0.4 is 15.5 Å². The Morgan fingerprint density at radius 3 is 2.44 bits per heavy atom. The van der Waals surface area contributed by atoms with Gasteiger partial charge in [0.15, 0.2) is 0 Å². The first-order valence-corrected chi connectivity index (χ1v) is 14.5. The van der Waals surface area contributed by atoms with Crippen molar-refractivity contribution < 1.29 is 9.53 Å². The summed E-state index contributed by atoms with van der Waals surface area (Å²) in [6.07, 6.45) is 8.68. The largest absolute Gasteiger partial charge is 0.496 e. The van der Waals surface area contributed by atoms with Gasteiger partial charge in [0.1, 0.15) is 5.76 Å². The van der Waals surface area contributed by atoms with E-state index in [2.05, 4.69) is 79.0 Å². The van der Waals surface area contributed by atoms with Crippen molar-refractivity contribution in [2.45, 2.75) is 78.3 Å². The fraction of sp³-hybridized carbons (Fsp3) is 0.531. The van der Waals surface area contributed by atoms with E-state index in [4.69, 9.17) is 4.74 Å². The maximum Gasteiger partial charge on any atom is 0.252 e. The van der Waals surface area contributed by atoms with Gasteiger partial charge in [0, 0.05) is 64.4 Å². The Morgan fingerprint density at radius 1 is 1.13 bits per heavy atom. The number of amides is 1. The lowest BCUT2D eigenvalue weighted by Gasteiger charge is -2.40. The van der Waals surface area contributed by atoms with Gasteiger partial charge < -0.3 is 30.2 Å². The number of nitrogens with one attached hydrogen (secondary N) is 3. The van der Waals surface area contributed by atoms with E-state index in [-0.39, 0.29) is 5.91 Å². The van der Waals surface area contributed by atoms with Crippen LogP contribution in [0.2, 0.25) is 0 Å². The van der Waals surface area contributed by atoms with E-state index in [1.165, 1.54) is 18.5 Å². The molecule has 1 aliphatic carbocycles. The van der Waals surface area contributed by atoms with Gasteiger partial charge >= 0.3 is 0 Å². The van der Waals surface area contributed by atoms with Crippen molar-refractivity contribution in [3.8, 4) is 0 Å². The molecule has 2 heterocycles. The van der Waals surface area contributed by atoms with E-state index in [1.54, 1.807) is 7.11 Å². The molecule has 0 unspecified atom stereocenters. The number of H-pyrrole nitrogens is 1. The normalized spacial score (nSPS) is 19.8. The minimum absolute atomic E-state index is 0.0733. The minimum atomic E-state index is -0.0733. The third-order valence-corrected chi connectivity index (χ3v) is 8.45. The van der Waals surface area contributed by atoms with Gasteiger partial charge in [0.05, 0.1) is 12.7 Å². The Balaban J connectivity index is 1.70. The summed E-state index contributed by atoms with van der Waals surface area (Å²) in [5, 5.41) is 7.43. The van der Waals surface area contributed by atoms with E-state index >= 15 is 0 Å². The van der Waals surface area contributed by atoms with Crippen LogP contribution >= 0.6 is 0 Å². The number of fused-ring (bicyclic) bond motifs is 1. The smallest absolute Gasteiger partial charge is 0.252 e. The van der Waals surface area contributed by atoms with Crippen LogP contribution in [0.3, 0.4) is 0 Å². The highest BCUT2D eigenvalue weighted by atomic mass is 16.5. The molecule has 212 valence electrons. The Hall–Kier alpha value is -3.19. The number of hydrogen-bond acceptors (Lipinski definition) is 5. The van der Waals surface area contributed by atoms with Crippen molar-refractivity contribution >= 4 is 22.5 Å². The fourth-order valence-electron chi connectivity index (χ4n) is 6.35. The lowest BCUT2D eigenvalue weighted by molar-refractivity contribution is 0.0958. The molecule has 0 spiro atoms. The molecule has 1 saturated carbocycles. The predicted molar refractivity (Wildman–Crippen MR) is 162 cm³/mol. The molecule has 7 nitrogen and oxygen atoms in total. The van der Waals surface area contributed by atoms with E-state index in [1.807, 2.05) is 13.0 Å². The molecule has 1 amide bonds. The predicted octanol–water partition coefficient (Wildman–Crippen LogP) is 5.78. The van der Waals surface area contributed by atoms with Crippen LogP contribution in [0.1, 0.15) is 74.5 Å². The van der Waals surface area contributed by atoms with Crippen LogP contribution in [0.5, 0.6) is 0 Å². The summed E-state index contributed by atoms with van der Waals surface area (Å²) in [4.78, 5) is 22.4. The average Bonchev–Trinajstić information content (AvgIpc) is 3.30. The number of rotatable bonds is 10. The van der Waals surface area contributed by atoms with Gasteiger partial charge in [-0.2, -0.15) is 0 Å². The molecule has 1 fully saturated rings. The van der Waals surface area contributed by atoms with E-state index < -0.39 is 0 Å². The standard InChI is InChI=1S/C32H47N5O2/c1-9-11-23-17-26-28(35-23)18-29(37(10-2)25-14-12-24(13-15-25)36(6)7)21(4)31(26)32(38)33-19-27-22(5)34-20(3)16-30(27)39-8/h16-18,24-25,34-35H,5,9-15,19H2,1-4,6-8H3,(H,33,38). The van der Waals surface area contributed by atoms with Crippen molar-refractivity contribution in [3.05, 3.63) is 64.3 Å². The number of ether oxygens (including phenoxy) is 1. The molecule has 3 N–H and O–H groups in total. The summed E-state index contributed by atoms with van der Waals surface area (Å²) >= 11 is 0. The second-order valence-corrected chi connectivity index (χ2v) is 11.3. The lowest BCUT2D eigenvalue weighted by atomic mass is 9.88. The van der Waals surface area contributed by atoms with Gasteiger partial charge in [0.25, 0.3) is 5.91 Å². The summed E-state index contributed by atoms with van der Waals surface area (Å²) < 4.78 is 5.60. The first kappa shape index (κ1) is 28.8. The van der Waals surface area contributed by atoms with Crippen LogP contribution in [-0.4, -0.2) is 62.2 Å². The maximum absolute atomic E-state index is 13.9. The number of aromatic amines is 1. The lowest BCUT2D eigenvalue weighted by Crippen LogP contribution is -2.42. The fourth-order valence-corrected chi connectivity index (χ4v) is 6.35. The molecule has 39 heavy (non-hydrogen) atoms. The second-order valence-electron chi connectivity index (χ2n) is 11.3. The van der Waals surface area contributed by atoms with Gasteiger partial charge in [-0.25, -0.2) is 0 Å². The Kier molecular flexibility index (Phi) is 9.11. The van der Waals surface area contributed by atoms with Crippen molar-refractivity contribution in [2.75, 3.05) is 39.2 Å². The molecule has 1 aliphatic heterocycles. The summed E-state index contributed by atoms with van der Waals surface area (Å²) in [7, 11) is 6.02. The number of benzene rings is 1. The van der Waals surface area contributed by atoms with Gasteiger partial charge in [-0.3, -0.25) is 4.79 Å². The molecular weight excluding hydrogens is 486 g/mol. The molecule has 0 bridgehead atoms. The number of carbonyl (C=O) groups excluding carboxylic acids is 1. The quantitative estimate of drug-likeness (QED) is 0.361. The van der Waals surface area contributed by atoms with E-state index in [9.17, 15) is 4.79 Å². The molecule has 1 aromatic heterocycles. The monoisotopic (exact) mass is 533 g/mol. The zero-order chi connectivity index (χ0) is 28.3. The van der Waals surface area contributed by atoms with Gasteiger partial charge in [-0.15, -0.1) is 0 Å². The number of anilines is 1. The highest BCUT2D eigenvalue weighted by Gasteiger charge is 2.29. The van der Waals surface area contributed by atoms with Crippen molar-refractivity contribution in [2.24, 2.45) is 0 Å². The average molecular weight is 534 g/mol. The molecule has 2 aliphatic rings. The number of aryl methyl sites for hydroxylation is 1. The van der Waals surface area contributed by atoms with E-state index in [0.717, 1.165) is 82.7 Å². The molecule has 0 saturated heterocycles. The van der Waals surface area contributed by atoms with Crippen molar-refractivity contribution in [1.29, 1.82) is 0 Å². The van der Waals surface area contributed by atoms with Crippen LogP contribution in [0.25, 0.3) is 10.9 Å². The topological polar surface area (TPSA) is 72.6 Å². The SMILES string of the molecule is C=C1NC(C)=CC(OC)=C1CNC(=O)c1c(C)c(N(CC)C2CCC(N(C)C)CC2)cc2[nH]c(CCC)cc12. The first-order chi connectivity index (χ1) is 18.7. The first-order valence-electron chi connectivity index (χ1n) is 14.5. The summed E-state index contributed by atoms with van der Waals surface area (Å²) in [5.41, 5.74) is 7.72. The number of dihydropyridines is 1. The third kappa shape index (κ3) is 6.03. The number of methoxy groups -OCH3 is 1. The molecule has 4 rings (SSSR count). The Morgan fingerprint density at radius 2 is 1.82 bits per heavy atom. The summed E-state index contributed by atoms with van der Waals surface area (Å²) in [6, 6.07) is 5.56. The van der Waals surface area contributed by atoms with Crippen LogP contribution in [-0.2, 0) is 11.2 Å². The van der Waals surface area contributed by atoms with Crippen LogP contribution in [0.4, 0.5) is 5.69 Å². The third-order valence-electron chi connectivity index (χ3n) is 8.45. The number of hydrogen-bond donors (Lipinski definition) is 3. The number of allylic oxidation sites excluding steroid dienone is 2. The van der Waals surface area contributed by atoms with E-state index in [0.29, 0.717) is 18.6 Å². The number of carbonyl (C=O) groups is 1. The highest BCUT2D eigenvalue weighted by Crippen LogP contribution is 2.36. The second kappa shape index (κ2) is 12.3. The molecule has 0 atom stereocenters. The number of aromatic nitrogens is 1. The molecule has 2 aromatic rings. The molecule has 7 heteroatoms. The summed E-state index contributed by atoms with van der Waals surface area (Å²) in [6.45, 7) is 13.9. The van der Waals surface area contributed by atoms with Crippen molar-refractivity contribution in [1.82, 2.24) is 20.5 Å². The van der Waals surface area contributed by atoms with Crippen LogP contribution in [0, 0.1) is 6.92 Å². The number of nitrogens with zero attached hydrogens (tertiary/aromatic N) is 2. The Labute approximate surface area is 234 Å². The summed E-state index contributed by atoms with van der Waals surface area (Å²) in [5.74, 6) is 0.653. The molecule has 0 radical (unpaired) electrons. The van der Waals surface area contributed by atoms with Crippen LogP contribution in [0.15, 0.2) is 47.5 Å². The van der Waals surface area contributed by atoms with Gasteiger partial charge in [-0.05, 0) is 90.7 Å². The Bertz CT molecular complexity index is 1280. The van der Waals surface area contributed by atoms with Gasteiger partial charge in [0.2, 0.25) is 0 Å². The zero-order valence-electron chi connectivity index (χ0n) is 25.0.